The Morgan fingerprint density at radius 1 is 1.05 bits per heavy atom. The molecule has 1 aromatic heterocycles. The van der Waals surface area contributed by atoms with Crippen molar-refractivity contribution < 1.29 is 19.1 Å². The van der Waals surface area contributed by atoms with Crippen LogP contribution in [0.1, 0.15) is 93.8 Å². The number of hydrogen-bond acceptors (Lipinski definition) is 6. The number of rotatable bonds is 7. The third-order valence-corrected chi connectivity index (χ3v) is 6.83. The molecule has 1 saturated heterocycles. The predicted molar refractivity (Wildman–Crippen MR) is 148 cm³/mol. The van der Waals surface area contributed by atoms with Gasteiger partial charge in [0.05, 0.1) is 12.8 Å². The summed E-state index contributed by atoms with van der Waals surface area (Å²) >= 11 is 0. The largest absolute Gasteiger partial charge is 0.465 e. The highest BCUT2D eigenvalue weighted by atomic mass is 16.5. The van der Waals surface area contributed by atoms with E-state index in [0.717, 1.165) is 12.0 Å². The number of carbonyl (C=O) groups is 3. The molecule has 8 nitrogen and oxygen atoms in total. The summed E-state index contributed by atoms with van der Waals surface area (Å²) in [6, 6.07) is 9.25. The molecule has 0 spiro atoms. The minimum absolute atomic E-state index is 0.0418. The number of piperazine rings is 1. The molecule has 38 heavy (non-hydrogen) atoms. The van der Waals surface area contributed by atoms with E-state index in [1.807, 2.05) is 56.0 Å². The van der Waals surface area contributed by atoms with Gasteiger partial charge in [-0.05, 0) is 30.6 Å². The zero-order valence-electron chi connectivity index (χ0n) is 24.1. The van der Waals surface area contributed by atoms with Gasteiger partial charge in [0, 0.05) is 37.7 Å². The first-order chi connectivity index (χ1) is 17.8. The van der Waals surface area contributed by atoms with Gasteiger partial charge in [0.25, 0.3) is 5.91 Å². The molecule has 2 amide bonds. The van der Waals surface area contributed by atoms with Gasteiger partial charge in [-0.15, -0.1) is 0 Å². The van der Waals surface area contributed by atoms with Gasteiger partial charge in [-0.3, -0.25) is 9.59 Å². The van der Waals surface area contributed by atoms with Gasteiger partial charge in [-0.2, -0.15) is 0 Å². The van der Waals surface area contributed by atoms with Crippen molar-refractivity contribution >= 4 is 17.8 Å². The van der Waals surface area contributed by atoms with Gasteiger partial charge < -0.3 is 14.5 Å². The molecular weight excluding hydrogens is 480 g/mol. The minimum atomic E-state index is -0.633. The molecule has 8 heteroatoms. The second-order valence-electron chi connectivity index (χ2n) is 11.9. The van der Waals surface area contributed by atoms with Crippen LogP contribution in [0, 0.1) is 11.3 Å². The lowest BCUT2D eigenvalue weighted by Crippen LogP contribution is -2.55. The van der Waals surface area contributed by atoms with Gasteiger partial charge in [-0.1, -0.05) is 71.9 Å². The first-order valence-electron chi connectivity index (χ1n) is 13.5. The number of ether oxygens (including phenoxy) is 1. The van der Waals surface area contributed by atoms with E-state index in [1.165, 1.54) is 7.11 Å². The van der Waals surface area contributed by atoms with Crippen LogP contribution in [0.25, 0.3) is 11.4 Å². The molecule has 0 radical (unpaired) electrons. The summed E-state index contributed by atoms with van der Waals surface area (Å²) in [5.74, 6) is -0.334. The Bertz CT molecular complexity index is 1160. The van der Waals surface area contributed by atoms with Crippen molar-refractivity contribution in [2.45, 2.75) is 73.3 Å². The minimum Gasteiger partial charge on any atom is -0.465 e. The average molecular weight is 523 g/mol. The van der Waals surface area contributed by atoms with Gasteiger partial charge >= 0.3 is 5.97 Å². The van der Waals surface area contributed by atoms with Crippen molar-refractivity contribution in [2.24, 2.45) is 11.3 Å². The fourth-order valence-corrected chi connectivity index (χ4v) is 5.27. The van der Waals surface area contributed by atoms with Crippen molar-refractivity contribution in [3.05, 3.63) is 47.3 Å². The molecule has 2 unspecified atom stereocenters. The lowest BCUT2D eigenvalue weighted by atomic mass is 9.84. The number of aromatic nitrogens is 2. The first kappa shape index (κ1) is 29.3. The zero-order valence-corrected chi connectivity index (χ0v) is 24.1. The number of methoxy groups -OCH3 is 1. The van der Waals surface area contributed by atoms with Crippen molar-refractivity contribution in [2.75, 3.05) is 26.7 Å². The van der Waals surface area contributed by atoms with Crippen LogP contribution in [-0.2, 0) is 9.53 Å². The number of benzene rings is 1. The molecule has 1 aliphatic rings. The fraction of sp³-hybridized carbons (Fsp3) is 0.567. The zero-order chi connectivity index (χ0) is 28.2. The van der Waals surface area contributed by atoms with Crippen molar-refractivity contribution in [1.82, 2.24) is 19.8 Å². The van der Waals surface area contributed by atoms with Gasteiger partial charge in [0.2, 0.25) is 5.91 Å². The number of nitrogens with zero attached hydrogens (tertiary/aromatic N) is 4. The van der Waals surface area contributed by atoms with Crippen LogP contribution in [0.5, 0.6) is 0 Å². The monoisotopic (exact) mass is 522 g/mol. The number of hydrogen-bond donors (Lipinski definition) is 0. The van der Waals surface area contributed by atoms with E-state index in [0.29, 0.717) is 37.6 Å². The topological polar surface area (TPSA) is 92.7 Å². The molecule has 1 aliphatic heterocycles. The Morgan fingerprint density at radius 2 is 1.71 bits per heavy atom. The van der Waals surface area contributed by atoms with E-state index in [9.17, 15) is 14.4 Å². The summed E-state index contributed by atoms with van der Waals surface area (Å²) in [6.45, 7) is 15.6. The van der Waals surface area contributed by atoms with Crippen molar-refractivity contribution in [3.8, 4) is 11.4 Å². The van der Waals surface area contributed by atoms with E-state index < -0.39 is 5.97 Å². The SMILES string of the molecule is COC(=O)c1c(C(=O)N2CCN(C(=O)CC(C)CC(C)(C)C)C(C)C2)nc(-c2ccccc2)nc1C(C)C. The van der Waals surface area contributed by atoms with Crippen LogP contribution in [0.4, 0.5) is 0 Å². The highest BCUT2D eigenvalue weighted by Crippen LogP contribution is 2.28. The van der Waals surface area contributed by atoms with E-state index >= 15 is 0 Å². The molecule has 2 heterocycles. The maximum Gasteiger partial charge on any atom is 0.342 e. The normalized spacial score (nSPS) is 16.9. The van der Waals surface area contributed by atoms with E-state index in [4.69, 9.17) is 4.74 Å². The maximum absolute atomic E-state index is 13.9. The van der Waals surface area contributed by atoms with E-state index in [-0.39, 0.29) is 46.4 Å². The van der Waals surface area contributed by atoms with Crippen LogP contribution in [-0.4, -0.2) is 70.3 Å². The highest BCUT2D eigenvalue weighted by Gasteiger charge is 2.35. The summed E-state index contributed by atoms with van der Waals surface area (Å²) in [5, 5.41) is 0. The molecule has 0 saturated carbocycles. The quantitative estimate of drug-likeness (QED) is 0.465. The highest BCUT2D eigenvalue weighted by molar-refractivity contribution is 6.05. The molecular formula is C30H42N4O4. The Hall–Kier alpha value is -3.29. The van der Waals surface area contributed by atoms with Crippen molar-refractivity contribution in [1.29, 1.82) is 0 Å². The van der Waals surface area contributed by atoms with Crippen LogP contribution in [0.3, 0.4) is 0 Å². The summed E-state index contributed by atoms with van der Waals surface area (Å²) < 4.78 is 5.05. The lowest BCUT2D eigenvalue weighted by molar-refractivity contribution is -0.136. The van der Waals surface area contributed by atoms with Crippen LogP contribution >= 0.6 is 0 Å². The summed E-state index contributed by atoms with van der Waals surface area (Å²) in [5.41, 5.74) is 1.55. The second-order valence-corrected chi connectivity index (χ2v) is 11.9. The molecule has 206 valence electrons. The fourth-order valence-electron chi connectivity index (χ4n) is 5.27. The first-order valence-corrected chi connectivity index (χ1v) is 13.5. The number of carbonyl (C=O) groups excluding carboxylic acids is 3. The Morgan fingerprint density at radius 3 is 2.26 bits per heavy atom. The molecule has 1 fully saturated rings. The maximum atomic E-state index is 13.9. The van der Waals surface area contributed by atoms with Crippen LogP contribution in [0.2, 0.25) is 0 Å². The van der Waals surface area contributed by atoms with Gasteiger partial charge in [-0.25, -0.2) is 14.8 Å². The Labute approximate surface area is 226 Å². The summed E-state index contributed by atoms with van der Waals surface area (Å²) in [4.78, 5) is 52.7. The number of amides is 2. The van der Waals surface area contributed by atoms with Crippen molar-refractivity contribution in [3.63, 3.8) is 0 Å². The summed E-state index contributed by atoms with van der Waals surface area (Å²) in [6.07, 6.45) is 1.46. The van der Waals surface area contributed by atoms with Gasteiger partial charge in [0.15, 0.2) is 5.82 Å². The number of esters is 1. The third kappa shape index (κ3) is 6.97. The van der Waals surface area contributed by atoms with Gasteiger partial charge in [0.1, 0.15) is 11.3 Å². The summed E-state index contributed by atoms with van der Waals surface area (Å²) in [7, 11) is 1.29. The van der Waals surface area contributed by atoms with Crippen LogP contribution < -0.4 is 0 Å². The molecule has 3 rings (SSSR count). The lowest BCUT2D eigenvalue weighted by Gasteiger charge is -2.40. The molecule has 0 aliphatic carbocycles. The van der Waals surface area contributed by atoms with Crippen LogP contribution in [0.15, 0.2) is 30.3 Å². The Balaban J connectivity index is 1.89. The van der Waals surface area contributed by atoms with E-state index in [1.54, 1.807) is 4.90 Å². The molecule has 2 atom stereocenters. The predicted octanol–water partition coefficient (Wildman–Crippen LogP) is 5.19. The third-order valence-electron chi connectivity index (χ3n) is 6.83. The molecule has 0 N–H and O–H groups in total. The standard InChI is InChI=1S/C30H42N4O4/c1-19(2)25-24(29(37)38-8)26(32-27(31-25)22-12-10-9-11-13-22)28(36)33-14-15-34(21(4)18-33)23(35)16-20(3)17-30(5,6)7/h9-13,19-21H,14-18H2,1-8H3. The smallest absolute Gasteiger partial charge is 0.342 e. The molecule has 1 aromatic carbocycles. The van der Waals surface area contributed by atoms with E-state index in [2.05, 4.69) is 37.7 Å². The average Bonchev–Trinajstić information content (AvgIpc) is 2.86. The Kier molecular flexibility index (Phi) is 9.28. The molecule has 0 bridgehead atoms. The molecule has 2 aromatic rings. The second kappa shape index (κ2) is 12.0.